The minimum absolute atomic E-state index is 0.0686. The second-order valence-corrected chi connectivity index (χ2v) is 9.27. The molecule has 1 fully saturated rings. The topological polar surface area (TPSA) is 72.0 Å². The highest BCUT2D eigenvalue weighted by molar-refractivity contribution is 5.94. The Hall–Kier alpha value is -4.18. The molecule has 10 heteroatoms. The molecule has 4 rings (SSSR count). The van der Waals surface area contributed by atoms with Gasteiger partial charge in [-0.2, -0.15) is 13.2 Å². The standard InChI is InChI=1S/C30H30F3N3O4/c1-39-29(38)26(19-23-5-3-2-4-6-23)36(21-24-9-13-27(34-20-24)35-15-17-40-18-16-35)28(37)14-10-22-7-11-25(12-8-22)30(31,32)33/h2-14,20,26H,15-19,21H2,1H3. The molecule has 2 aromatic carbocycles. The van der Waals surface area contributed by atoms with Gasteiger partial charge in [-0.3, -0.25) is 4.79 Å². The fourth-order valence-electron chi connectivity index (χ4n) is 4.37. The molecule has 7 nitrogen and oxygen atoms in total. The van der Waals surface area contributed by atoms with Crippen LogP contribution in [0.3, 0.4) is 0 Å². The number of hydrogen-bond acceptors (Lipinski definition) is 6. The van der Waals surface area contributed by atoms with Crippen molar-refractivity contribution in [3.63, 3.8) is 0 Å². The smallest absolute Gasteiger partial charge is 0.416 e. The van der Waals surface area contributed by atoms with E-state index < -0.39 is 29.7 Å². The Kier molecular flexibility index (Phi) is 9.55. The van der Waals surface area contributed by atoms with Gasteiger partial charge in [0, 0.05) is 38.3 Å². The summed E-state index contributed by atoms with van der Waals surface area (Å²) in [4.78, 5) is 34.5. The molecule has 1 aliphatic rings. The summed E-state index contributed by atoms with van der Waals surface area (Å²) in [6, 6.07) is 16.5. The number of nitrogens with zero attached hydrogens (tertiary/aromatic N) is 3. The quantitative estimate of drug-likeness (QED) is 0.281. The maximum atomic E-state index is 13.5. The molecular formula is C30H30F3N3O4. The average Bonchev–Trinajstić information content (AvgIpc) is 2.98. The second-order valence-electron chi connectivity index (χ2n) is 9.27. The summed E-state index contributed by atoms with van der Waals surface area (Å²) in [5.41, 5.74) is 1.17. The minimum Gasteiger partial charge on any atom is -0.467 e. The molecule has 1 aliphatic heterocycles. The Labute approximate surface area is 230 Å². The molecule has 1 saturated heterocycles. The molecule has 2 heterocycles. The molecule has 0 bridgehead atoms. The van der Waals surface area contributed by atoms with Crippen LogP contribution in [0.25, 0.3) is 6.08 Å². The fraction of sp³-hybridized carbons (Fsp3) is 0.300. The number of aromatic nitrogens is 1. The SMILES string of the molecule is COC(=O)C(Cc1ccccc1)N(Cc1ccc(N2CCOCC2)nc1)C(=O)C=Cc1ccc(C(F)(F)F)cc1. The highest BCUT2D eigenvalue weighted by Crippen LogP contribution is 2.29. The number of halogens is 3. The molecule has 0 radical (unpaired) electrons. The number of alkyl halides is 3. The summed E-state index contributed by atoms with van der Waals surface area (Å²) in [5.74, 6) is -0.289. The monoisotopic (exact) mass is 553 g/mol. The Morgan fingerprint density at radius 3 is 2.33 bits per heavy atom. The summed E-state index contributed by atoms with van der Waals surface area (Å²) in [6.45, 7) is 2.77. The number of amides is 1. The predicted octanol–water partition coefficient (Wildman–Crippen LogP) is 4.76. The van der Waals surface area contributed by atoms with E-state index in [1.165, 1.54) is 36.3 Å². The maximum absolute atomic E-state index is 13.5. The molecule has 0 aliphatic carbocycles. The van der Waals surface area contributed by atoms with E-state index in [9.17, 15) is 22.8 Å². The van der Waals surface area contributed by atoms with Crippen LogP contribution in [0.4, 0.5) is 19.0 Å². The van der Waals surface area contributed by atoms with E-state index in [0.717, 1.165) is 36.6 Å². The molecule has 210 valence electrons. The molecule has 1 unspecified atom stereocenters. The molecule has 0 spiro atoms. The van der Waals surface area contributed by atoms with E-state index in [2.05, 4.69) is 9.88 Å². The van der Waals surface area contributed by atoms with Gasteiger partial charge in [0.25, 0.3) is 0 Å². The van der Waals surface area contributed by atoms with Crippen LogP contribution in [0.15, 0.2) is 79.0 Å². The number of ether oxygens (including phenoxy) is 2. The number of carbonyl (C=O) groups is 2. The Balaban J connectivity index is 1.59. The lowest BCUT2D eigenvalue weighted by Gasteiger charge is -2.30. The van der Waals surface area contributed by atoms with Crippen molar-refractivity contribution < 1.29 is 32.2 Å². The van der Waals surface area contributed by atoms with E-state index >= 15 is 0 Å². The maximum Gasteiger partial charge on any atom is 0.416 e. The number of morpholine rings is 1. The summed E-state index contributed by atoms with van der Waals surface area (Å²) < 4.78 is 49.2. The highest BCUT2D eigenvalue weighted by atomic mass is 19.4. The van der Waals surface area contributed by atoms with Crippen molar-refractivity contribution in [2.45, 2.75) is 25.2 Å². The number of benzene rings is 2. The van der Waals surface area contributed by atoms with Crippen LogP contribution in [0.1, 0.15) is 22.3 Å². The second kappa shape index (κ2) is 13.3. The van der Waals surface area contributed by atoms with Gasteiger partial charge in [0.1, 0.15) is 11.9 Å². The van der Waals surface area contributed by atoms with E-state index in [-0.39, 0.29) is 13.0 Å². The Bertz CT molecular complexity index is 1290. The van der Waals surface area contributed by atoms with Gasteiger partial charge in [-0.25, -0.2) is 9.78 Å². The van der Waals surface area contributed by atoms with Crippen LogP contribution in [-0.4, -0.2) is 61.2 Å². The lowest BCUT2D eigenvalue weighted by atomic mass is 10.0. The molecule has 40 heavy (non-hydrogen) atoms. The molecule has 0 saturated carbocycles. The molecule has 1 amide bonds. The largest absolute Gasteiger partial charge is 0.467 e. The van der Waals surface area contributed by atoms with Crippen molar-refractivity contribution in [2.24, 2.45) is 0 Å². The van der Waals surface area contributed by atoms with Crippen LogP contribution in [0.2, 0.25) is 0 Å². The number of pyridine rings is 1. The number of hydrogen-bond donors (Lipinski definition) is 0. The molecular weight excluding hydrogens is 523 g/mol. The lowest BCUT2D eigenvalue weighted by molar-refractivity contribution is -0.151. The van der Waals surface area contributed by atoms with Crippen molar-refractivity contribution >= 4 is 23.8 Å². The highest BCUT2D eigenvalue weighted by Gasteiger charge is 2.31. The van der Waals surface area contributed by atoms with E-state index in [1.54, 1.807) is 6.20 Å². The van der Waals surface area contributed by atoms with Crippen molar-refractivity contribution in [2.75, 3.05) is 38.3 Å². The van der Waals surface area contributed by atoms with E-state index in [4.69, 9.17) is 9.47 Å². The zero-order valence-electron chi connectivity index (χ0n) is 22.0. The summed E-state index contributed by atoms with van der Waals surface area (Å²) in [5, 5.41) is 0. The Morgan fingerprint density at radius 2 is 1.73 bits per heavy atom. The van der Waals surface area contributed by atoms with E-state index in [1.807, 2.05) is 42.5 Å². The van der Waals surface area contributed by atoms with Crippen LogP contribution in [-0.2, 0) is 38.2 Å². The first-order chi connectivity index (χ1) is 19.2. The molecule has 0 N–H and O–H groups in total. The van der Waals surface area contributed by atoms with Crippen molar-refractivity contribution in [1.29, 1.82) is 0 Å². The van der Waals surface area contributed by atoms with Crippen LogP contribution >= 0.6 is 0 Å². The van der Waals surface area contributed by atoms with Gasteiger partial charge >= 0.3 is 12.1 Å². The number of rotatable bonds is 9. The normalized spacial score (nSPS) is 14.7. The van der Waals surface area contributed by atoms with Crippen LogP contribution in [0.5, 0.6) is 0 Å². The van der Waals surface area contributed by atoms with Gasteiger partial charge in [0.05, 0.1) is 25.9 Å². The predicted molar refractivity (Wildman–Crippen MR) is 144 cm³/mol. The first-order valence-corrected chi connectivity index (χ1v) is 12.8. The van der Waals surface area contributed by atoms with Gasteiger partial charge in [-0.1, -0.05) is 48.5 Å². The van der Waals surface area contributed by atoms with Crippen LogP contribution < -0.4 is 4.90 Å². The van der Waals surface area contributed by atoms with Gasteiger partial charge in [-0.05, 0) is 41.0 Å². The first-order valence-electron chi connectivity index (χ1n) is 12.8. The van der Waals surface area contributed by atoms with Crippen molar-refractivity contribution in [3.8, 4) is 0 Å². The zero-order chi connectivity index (χ0) is 28.5. The zero-order valence-corrected chi connectivity index (χ0v) is 22.0. The number of anilines is 1. The van der Waals surface area contributed by atoms with Gasteiger partial charge in [0.15, 0.2) is 0 Å². The summed E-state index contributed by atoms with van der Waals surface area (Å²) in [6.07, 6.45) is 0.102. The fourth-order valence-corrected chi connectivity index (χ4v) is 4.37. The molecule has 3 aromatic rings. The van der Waals surface area contributed by atoms with Crippen LogP contribution in [0, 0.1) is 0 Å². The third-order valence-electron chi connectivity index (χ3n) is 6.56. The molecule has 1 aromatic heterocycles. The molecule has 1 atom stereocenters. The van der Waals surface area contributed by atoms with Gasteiger partial charge < -0.3 is 19.3 Å². The Morgan fingerprint density at radius 1 is 1.02 bits per heavy atom. The minimum atomic E-state index is -4.45. The van der Waals surface area contributed by atoms with Gasteiger partial charge in [0.2, 0.25) is 5.91 Å². The number of carbonyl (C=O) groups excluding carboxylic acids is 2. The van der Waals surface area contributed by atoms with Crippen molar-refractivity contribution in [3.05, 3.63) is 101 Å². The number of methoxy groups -OCH3 is 1. The first kappa shape index (κ1) is 28.8. The van der Waals surface area contributed by atoms with Gasteiger partial charge in [-0.15, -0.1) is 0 Å². The lowest BCUT2D eigenvalue weighted by Crippen LogP contribution is -2.46. The average molecular weight is 554 g/mol. The third kappa shape index (κ3) is 7.69. The summed E-state index contributed by atoms with van der Waals surface area (Å²) in [7, 11) is 1.26. The third-order valence-corrected chi connectivity index (χ3v) is 6.56. The summed E-state index contributed by atoms with van der Waals surface area (Å²) >= 11 is 0. The van der Waals surface area contributed by atoms with E-state index in [0.29, 0.717) is 24.3 Å². The number of esters is 1. The van der Waals surface area contributed by atoms with Crippen molar-refractivity contribution in [1.82, 2.24) is 9.88 Å².